The third-order valence-corrected chi connectivity index (χ3v) is 4.46. The van der Waals surface area contributed by atoms with Crippen molar-refractivity contribution in [3.05, 3.63) is 47.5 Å². The van der Waals surface area contributed by atoms with Crippen LogP contribution in [0, 0.1) is 12.8 Å². The lowest BCUT2D eigenvalue weighted by Gasteiger charge is -2.17. The molecule has 2 aromatic heterocycles. The predicted molar refractivity (Wildman–Crippen MR) is 86.2 cm³/mol. The standard InChI is InChI=1S/C17H22N4O2/c1-12-8-16(20(2)19-12)17(22)21-9-14(11-23-3)15(10-21)13-4-6-18-7-5-13/h4-8,14-15H,9-11H2,1-3H3/t14-,15-/m0/s1. The minimum atomic E-state index is 0.0331. The van der Waals surface area contributed by atoms with E-state index in [0.29, 0.717) is 31.3 Å². The fraction of sp³-hybridized carbons (Fsp3) is 0.471. The summed E-state index contributed by atoms with van der Waals surface area (Å²) in [5, 5.41) is 4.27. The number of hydrogen-bond donors (Lipinski definition) is 0. The number of amides is 1. The van der Waals surface area contributed by atoms with Crippen molar-refractivity contribution >= 4 is 5.91 Å². The van der Waals surface area contributed by atoms with E-state index in [2.05, 4.69) is 10.1 Å². The van der Waals surface area contributed by atoms with Gasteiger partial charge in [0.15, 0.2) is 0 Å². The van der Waals surface area contributed by atoms with Gasteiger partial charge in [0.05, 0.1) is 12.3 Å². The Morgan fingerprint density at radius 1 is 1.35 bits per heavy atom. The first-order valence-corrected chi connectivity index (χ1v) is 7.79. The van der Waals surface area contributed by atoms with Crippen LogP contribution in [-0.2, 0) is 11.8 Å². The van der Waals surface area contributed by atoms with E-state index in [9.17, 15) is 4.79 Å². The number of carbonyl (C=O) groups is 1. The highest BCUT2D eigenvalue weighted by atomic mass is 16.5. The first kappa shape index (κ1) is 15.7. The van der Waals surface area contributed by atoms with E-state index in [1.54, 1.807) is 24.2 Å². The van der Waals surface area contributed by atoms with Gasteiger partial charge in [-0.3, -0.25) is 14.5 Å². The monoisotopic (exact) mass is 314 g/mol. The normalized spacial score (nSPS) is 20.9. The van der Waals surface area contributed by atoms with Crippen molar-refractivity contribution in [2.75, 3.05) is 26.8 Å². The van der Waals surface area contributed by atoms with Crippen molar-refractivity contribution in [2.45, 2.75) is 12.8 Å². The van der Waals surface area contributed by atoms with E-state index in [0.717, 1.165) is 5.69 Å². The third kappa shape index (κ3) is 3.12. The van der Waals surface area contributed by atoms with E-state index >= 15 is 0 Å². The minimum Gasteiger partial charge on any atom is -0.384 e. The van der Waals surface area contributed by atoms with Gasteiger partial charge in [-0.25, -0.2) is 0 Å². The molecule has 0 aromatic carbocycles. The fourth-order valence-electron chi connectivity index (χ4n) is 3.38. The van der Waals surface area contributed by atoms with Gasteiger partial charge in [0.25, 0.3) is 5.91 Å². The van der Waals surface area contributed by atoms with E-state index in [4.69, 9.17) is 4.74 Å². The molecular weight excluding hydrogens is 292 g/mol. The van der Waals surface area contributed by atoms with E-state index < -0.39 is 0 Å². The first-order chi connectivity index (χ1) is 11.1. The highest BCUT2D eigenvalue weighted by Gasteiger charge is 2.37. The van der Waals surface area contributed by atoms with Gasteiger partial charge in [-0.2, -0.15) is 5.10 Å². The van der Waals surface area contributed by atoms with Crippen molar-refractivity contribution in [2.24, 2.45) is 13.0 Å². The Kier molecular flexibility index (Phi) is 4.43. The number of carbonyl (C=O) groups excluding carboxylic acids is 1. The SMILES string of the molecule is COC[C@@H]1CN(C(=O)c2cc(C)nn2C)C[C@H]1c1ccncc1. The molecule has 23 heavy (non-hydrogen) atoms. The van der Waals surface area contributed by atoms with E-state index in [1.807, 2.05) is 37.1 Å². The molecule has 0 unspecified atom stereocenters. The summed E-state index contributed by atoms with van der Waals surface area (Å²) in [6.07, 6.45) is 3.60. The zero-order chi connectivity index (χ0) is 16.4. The summed E-state index contributed by atoms with van der Waals surface area (Å²) >= 11 is 0. The Morgan fingerprint density at radius 3 is 2.70 bits per heavy atom. The van der Waals surface area contributed by atoms with Gasteiger partial charge >= 0.3 is 0 Å². The number of hydrogen-bond acceptors (Lipinski definition) is 4. The molecule has 0 saturated carbocycles. The lowest BCUT2D eigenvalue weighted by molar-refractivity contribution is 0.0764. The molecule has 2 atom stereocenters. The molecule has 0 aliphatic carbocycles. The summed E-state index contributed by atoms with van der Waals surface area (Å²) in [6.45, 7) is 3.93. The summed E-state index contributed by atoms with van der Waals surface area (Å²) in [6, 6.07) is 5.89. The summed E-state index contributed by atoms with van der Waals surface area (Å²) in [7, 11) is 3.52. The highest BCUT2D eigenvalue weighted by Crippen LogP contribution is 2.33. The molecule has 0 radical (unpaired) electrons. The second kappa shape index (κ2) is 6.50. The first-order valence-electron chi connectivity index (χ1n) is 7.79. The van der Waals surface area contributed by atoms with Crippen LogP contribution in [0.4, 0.5) is 0 Å². The second-order valence-corrected chi connectivity index (χ2v) is 6.11. The number of aryl methyl sites for hydroxylation is 2. The van der Waals surface area contributed by atoms with Gasteiger partial charge in [0.1, 0.15) is 5.69 Å². The Hall–Kier alpha value is -2.21. The van der Waals surface area contributed by atoms with Crippen LogP contribution in [0.3, 0.4) is 0 Å². The molecule has 3 rings (SSSR count). The number of likely N-dealkylation sites (tertiary alicyclic amines) is 1. The van der Waals surface area contributed by atoms with Crippen molar-refractivity contribution in [3.63, 3.8) is 0 Å². The highest BCUT2D eigenvalue weighted by molar-refractivity contribution is 5.93. The Labute approximate surface area is 136 Å². The van der Waals surface area contributed by atoms with Gasteiger partial charge in [-0.05, 0) is 30.7 Å². The zero-order valence-electron chi connectivity index (χ0n) is 13.8. The predicted octanol–water partition coefficient (Wildman–Crippen LogP) is 1.63. The largest absolute Gasteiger partial charge is 0.384 e. The molecule has 1 saturated heterocycles. The molecule has 0 bridgehead atoms. The summed E-state index contributed by atoms with van der Waals surface area (Å²) in [4.78, 5) is 18.8. The van der Waals surface area contributed by atoms with Gasteiger partial charge in [-0.1, -0.05) is 0 Å². The number of nitrogens with zero attached hydrogens (tertiary/aromatic N) is 4. The van der Waals surface area contributed by atoms with Crippen LogP contribution in [0.15, 0.2) is 30.6 Å². The molecular formula is C17H22N4O2. The molecule has 1 fully saturated rings. The maximum absolute atomic E-state index is 12.8. The summed E-state index contributed by atoms with van der Waals surface area (Å²) in [5.41, 5.74) is 2.70. The number of methoxy groups -OCH3 is 1. The van der Waals surface area contributed by atoms with Crippen LogP contribution >= 0.6 is 0 Å². The number of rotatable bonds is 4. The van der Waals surface area contributed by atoms with Crippen LogP contribution < -0.4 is 0 Å². The third-order valence-electron chi connectivity index (χ3n) is 4.46. The molecule has 1 amide bonds. The van der Waals surface area contributed by atoms with Crippen molar-refractivity contribution in [1.82, 2.24) is 19.7 Å². The quantitative estimate of drug-likeness (QED) is 0.860. The Bertz CT molecular complexity index is 683. The Morgan fingerprint density at radius 2 is 2.09 bits per heavy atom. The minimum absolute atomic E-state index is 0.0331. The molecule has 1 aliphatic heterocycles. The van der Waals surface area contributed by atoms with E-state index in [1.165, 1.54) is 5.56 Å². The Balaban J connectivity index is 1.82. The average Bonchev–Trinajstić information content (AvgIpc) is 3.11. The van der Waals surface area contributed by atoms with Gasteiger partial charge in [0.2, 0.25) is 0 Å². The molecule has 2 aromatic rings. The molecule has 0 spiro atoms. The van der Waals surface area contributed by atoms with Crippen LogP contribution in [0.25, 0.3) is 0 Å². The molecule has 1 aliphatic rings. The van der Waals surface area contributed by atoms with Crippen LogP contribution in [-0.4, -0.2) is 52.4 Å². The zero-order valence-corrected chi connectivity index (χ0v) is 13.8. The van der Waals surface area contributed by atoms with Crippen molar-refractivity contribution < 1.29 is 9.53 Å². The van der Waals surface area contributed by atoms with Crippen LogP contribution in [0.1, 0.15) is 27.7 Å². The van der Waals surface area contributed by atoms with Crippen LogP contribution in [0.2, 0.25) is 0 Å². The van der Waals surface area contributed by atoms with Crippen molar-refractivity contribution in [1.29, 1.82) is 0 Å². The molecule has 6 heteroatoms. The number of aromatic nitrogens is 3. The lowest BCUT2D eigenvalue weighted by atomic mass is 9.90. The lowest BCUT2D eigenvalue weighted by Crippen LogP contribution is -2.30. The second-order valence-electron chi connectivity index (χ2n) is 6.11. The van der Waals surface area contributed by atoms with Gasteiger partial charge < -0.3 is 9.64 Å². The van der Waals surface area contributed by atoms with Gasteiger partial charge in [-0.15, -0.1) is 0 Å². The average molecular weight is 314 g/mol. The van der Waals surface area contributed by atoms with Crippen LogP contribution in [0.5, 0.6) is 0 Å². The van der Waals surface area contributed by atoms with Crippen molar-refractivity contribution in [3.8, 4) is 0 Å². The fourth-order valence-corrected chi connectivity index (χ4v) is 3.38. The molecule has 3 heterocycles. The number of ether oxygens (including phenoxy) is 1. The summed E-state index contributed by atoms with van der Waals surface area (Å²) < 4.78 is 7.02. The van der Waals surface area contributed by atoms with E-state index in [-0.39, 0.29) is 11.8 Å². The number of pyridine rings is 1. The maximum Gasteiger partial charge on any atom is 0.272 e. The maximum atomic E-state index is 12.8. The molecule has 0 N–H and O–H groups in total. The molecule has 122 valence electrons. The topological polar surface area (TPSA) is 60.2 Å². The smallest absolute Gasteiger partial charge is 0.272 e. The molecule has 6 nitrogen and oxygen atoms in total. The van der Waals surface area contributed by atoms with Gasteiger partial charge in [0, 0.05) is 51.5 Å². The summed E-state index contributed by atoms with van der Waals surface area (Å²) in [5.74, 6) is 0.600.